The van der Waals surface area contributed by atoms with Gasteiger partial charge in [0.15, 0.2) is 0 Å². The second kappa shape index (κ2) is 3.93. The number of nitrogens with two attached hydrogens (primary N) is 1. The summed E-state index contributed by atoms with van der Waals surface area (Å²) in [4.78, 5) is 0. The van der Waals surface area contributed by atoms with E-state index in [0.717, 1.165) is 5.56 Å². The maximum absolute atomic E-state index is 13.6. The number of rotatable bonds is 3. The minimum absolute atomic E-state index is 0.155. The third-order valence-corrected chi connectivity index (χ3v) is 3.44. The Kier molecular flexibility index (Phi) is 2.79. The molecular weight excluding hydrogens is 189 g/mol. The predicted molar refractivity (Wildman–Crippen MR) is 60.0 cm³/mol. The normalized spacial score (nSPS) is 20.0. The lowest BCUT2D eigenvalue weighted by Gasteiger charge is -2.20. The van der Waals surface area contributed by atoms with Crippen LogP contribution in [0.4, 0.5) is 4.39 Å². The van der Waals surface area contributed by atoms with Crippen LogP contribution in [0.25, 0.3) is 0 Å². The molecule has 0 heterocycles. The van der Waals surface area contributed by atoms with Gasteiger partial charge >= 0.3 is 0 Å². The molecule has 2 atom stereocenters. The lowest BCUT2D eigenvalue weighted by Crippen LogP contribution is -2.21. The molecule has 1 aromatic rings. The van der Waals surface area contributed by atoms with Crippen molar-refractivity contribution in [3.63, 3.8) is 0 Å². The molecule has 0 aliphatic heterocycles. The van der Waals surface area contributed by atoms with Gasteiger partial charge in [-0.25, -0.2) is 4.39 Å². The van der Waals surface area contributed by atoms with Crippen LogP contribution in [0.3, 0.4) is 0 Å². The van der Waals surface area contributed by atoms with Gasteiger partial charge < -0.3 is 5.73 Å². The molecule has 82 valence electrons. The molecule has 0 saturated heterocycles. The van der Waals surface area contributed by atoms with Crippen LogP contribution in [0.2, 0.25) is 0 Å². The molecule has 2 rings (SSSR count). The van der Waals surface area contributed by atoms with Crippen molar-refractivity contribution in [2.45, 2.75) is 32.7 Å². The molecular formula is C13H18FN. The van der Waals surface area contributed by atoms with E-state index in [1.54, 1.807) is 6.07 Å². The van der Waals surface area contributed by atoms with Crippen LogP contribution in [0.15, 0.2) is 18.2 Å². The SMILES string of the molecule is Cc1ccc(F)c(C(N)C(C)C2CC2)c1. The molecule has 0 spiro atoms. The monoisotopic (exact) mass is 207 g/mol. The van der Waals surface area contributed by atoms with Crippen molar-refractivity contribution in [1.82, 2.24) is 0 Å². The highest BCUT2D eigenvalue weighted by molar-refractivity contribution is 5.27. The fraction of sp³-hybridized carbons (Fsp3) is 0.538. The maximum Gasteiger partial charge on any atom is 0.127 e. The van der Waals surface area contributed by atoms with Crippen LogP contribution < -0.4 is 5.73 Å². The summed E-state index contributed by atoms with van der Waals surface area (Å²) in [7, 11) is 0. The van der Waals surface area contributed by atoms with Crippen LogP contribution in [0.1, 0.15) is 36.9 Å². The largest absolute Gasteiger partial charge is 0.324 e. The second-order valence-corrected chi connectivity index (χ2v) is 4.75. The van der Waals surface area contributed by atoms with E-state index in [9.17, 15) is 4.39 Å². The standard InChI is InChI=1S/C13H18FN/c1-8-3-6-12(14)11(7-8)13(15)9(2)10-4-5-10/h3,6-7,9-10,13H,4-5,15H2,1-2H3. The predicted octanol–water partition coefficient (Wildman–Crippen LogP) is 3.18. The van der Waals surface area contributed by atoms with Gasteiger partial charge in [-0.3, -0.25) is 0 Å². The highest BCUT2D eigenvalue weighted by Crippen LogP contribution is 2.42. The molecule has 2 unspecified atom stereocenters. The highest BCUT2D eigenvalue weighted by atomic mass is 19.1. The third-order valence-electron chi connectivity index (χ3n) is 3.44. The first-order valence-corrected chi connectivity index (χ1v) is 5.61. The Bertz CT molecular complexity index is 358. The summed E-state index contributed by atoms with van der Waals surface area (Å²) < 4.78 is 13.6. The Balaban J connectivity index is 2.23. The summed E-state index contributed by atoms with van der Waals surface area (Å²) in [5.74, 6) is 0.932. The number of aryl methyl sites for hydroxylation is 1. The molecule has 0 bridgehead atoms. The average molecular weight is 207 g/mol. The van der Waals surface area contributed by atoms with E-state index >= 15 is 0 Å². The molecule has 0 aromatic heterocycles. The van der Waals surface area contributed by atoms with Crippen LogP contribution >= 0.6 is 0 Å². The Labute approximate surface area is 90.5 Å². The van der Waals surface area contributed by atoms with Crippen molar-refractivity contribution in [2.24, 2.45) is 17.6 Å². The summed E-state index contributed by atoms with van der Waals surface area (Å²) in [6.45, 7) is 4.10. The van der Waals surface area contributed by atoms with Crippen LogP contribution in [-0.4, -0.2) is 0 Å². The van der Waals surface area contributed by atoms with E-state index in [4.69, 9.17) is 5.73 Å². The topological polar surface area (TPSA) is 26.0 Å². The lowest BCUT2D eigenvalue weighted by molar-refractivity contribution is 0.404. The number of benzene rings is 1. The van der Waals surface area contributed by atoms with Crippen molar-refractivity contribution in [3.05, 3.63) is 35.1 Å². The first kappa shape index (κ1) is 10.6. The summed E-state index contributed by atoms with van der Waals surface area (Å²) in [5.41, 5.74) is 7.86. The van der Waals surface area contributed by atoms with Gasteiger partial charge in [0.05, 0.1) is 0 Å². The molecule has 0 radical (unpaired) electrons. The molecule has 2 N–H and O–H groups in total. The summed E-state index contributed by atoms with van der Waals surface area (Å²) in [5, 5.41) is 0. The van der Waals surface area contributed by atoms with Crippen molar-refractivity contribution in [3.8, 4) is 0 Å². The summed E-state index contributed by atoms with van der Waals surface area (Å²) in [6, 6.07) is 5.02. The van der Waals surface area contributed by atoms with Gasteiger partial charge in [0, 0.05) is 11.6 Å². The first-order chi connectivity index (χ1) is 7.09. The Morgan fingerprint density at radius 3 is 2.67 bits per heavy atom. The fourth-order valence-electron chi connectivity index (χ4n) is 2.12. The smallest absolute Gasteiger partial charge is 0.127 e. The Hall–Kier alpha value is -0.890. The zero-order valence-corrected chi connectivity index (χ0v) is 9.33. The molecule has 2 heteroatoms. The van der Waals surface area contributed by atoms with E-state index in [2.05, 4.69) is 6.92 Å². The Morgan fingerprint density at radius 2 is 2.07 bits per heavy atom. The van der Waals surface area contributed by atoms with Gasteiger partial charge in [-0.1, -0.05) is 24.6 Å². The zero-order chi connectivity index (χ0) is 11.0. The molecule has 1 aliphatic rings. The molecule has 1 saturated carbocycles. The van der Waals surface area contributed by atoms with Crippen molar-refractivity contribution >= 4 is 0 Å². The maximum atomic E-state index is 13.6. The van der Waals surface area contributed by atoms with Gasteiger partial charge in [0.25, 0.3) is 0 Å². The van der Waals surface area contributed by atoms with Gasteiger partial charge in [0.2, 0.25) is 0 Å². The van der Waals surface area contributed by atoms with Crippen molar-refractivity contribution in [1.29, 1.82) is 0 Å². The van der Waals surface area contributed by atoms with E-state index in [0.29, 0.717) is 17.4 Å². The highest BCUT2D eigenvalue weighted by Gasteiger charge is 2.33. The lowest BCUT2D eigenvalue weighted by atomic mass is 9.90. The summed E-state index contributed by atoms with van der Waals surface area (Å²) in [6.07, 6.45) is 2.50. The summed E-state index contributed by atoms with van der Waals surface area (Å²) >= 11 is 0. The van der Waals surface area contributed by atoms with E-state index < -0.39 is 0 Å². The molecule has 1 fully saturated rings. The number of hydrogen-bond donors (Lipinski definition) is 1. The molecule has 15 heavy (non-hydrogen) atoms. The van der Waals surface area contributed by atoms with Gasteiger partial charge in [-0.05, 0) is 37.7 Å². The molecule has 0 amide bonds. The average Bonchev–Trinajstić information content (AvgIpc) is 3.03. The van der Waals surface area contributed by atoms with Crippen LogP contribution in [0, 0.1) is 24.6 Å². The quantitative estimate of drug-likeness (QED) is 0.809. The molecule has 1 aromatic carbocycles. The van der Waals surface area contributed by atoms with E-state index in [1.807, 2.05) is 13.0 Å². The third kappa shape index (κ3) is 2.20. The minimum Gasteiger partial charge on any atom is -0.324 e. The Morgan fingerprint density at radius 1 is 1.40 bits per heavy atom. The van der Waals surface area contributed by atoms with Gasteiger partial charge in [0.1, 0.15) is 5.82 Å². The minimum atomic E-state index is -0.166. The van der Waals surface area contributed by atoms with Crippen LogP contribution in [0.5, 0.6) is 0 Å². The van der Waals surface area contributed by atoms with E-state index in [1.165, 1.54) is 18.9 Å². The molecule has 1 aliphatic carbocycles. The van der Waals surface area contributed by atoms with Gasteiger partial charge in [-0.15, -0.1) is 0 Å². The first-order valence-electron chi connectivity index (χ1n) is 5.61. The van der Waals surface area contributed by atoms with E-state index in [-0.39, 0.29) is 11.9 Å². The zero-order valence-electron chi connectivity index (χ0n) is 9.33. The van der Waals surface area contributed by atoms with Gasteiger partial charge in [-0.2, -0.15) is 0 Å². The van der Waals surface area contributed by atoms with Crippen molar-refractivity contribution in [2.75, 3.05) is 0 Å². The second-order valence-electron chi connectivity index (χ2n) is 4.75. The van der Waals surface area contributed by atoms with Crippen LogP contribution in [-0.2, 0) is 0 Å². The number of hydrogen-bond acceptors (Lipinski definition) is 1. The molecule has 1 nitrogen and oxygen atoms in total. The fourth-order valence-corrected chi connectivity index (χ4v) is 2.12. The number of halogens is 1. The van der Waals surface area contributed by atoms with Crippen molar-refractivity contribution < 1.29 is 4.39 Å².